The minimum absolute atomic E-state index is 0.191. The van der Waals surface area contributed by atoms with Crippen molar-refractivity contribution in [2.45, 2.75) is 38.6 Å². The van der Waals surface area contributed by atoms with Crippen molar-refractivity contribution in [3.63, 3.8) is 0 Å². The Bertz CT molecular complexity index is 477. The summed E-state index contributed by atoms with van der Waals surface area (Å²) < 4.78 is 0. The minimum Gasteiger partial charge on any atom is -0.340 e. The number of nitriles is 1. The second kappa shape index (κ2) is 5.88. The number of carbonyl (C=O) groups excluding carboxylic acids is 1. The fraction of sp³-hybridized carbons (Fsp3) is 0.429. The molecule has 1 N–H and O–H groups in total. The zero-order valence-electron chi connectivity index (χ0n) is 10.8. The molecule has 1 aromatic carbocycles. The first-order chi connectivity index (χ1) is 8.43. The predicted octanol–water partition coefficient (Wildman–Crippen LogP) is 3.04. The van der Waals surface area contributed by atoms with Crippen molar-refractivity contribution in [2.24, 2.45) is 0 Å². The SMILES string of the molecule is CCC(C#N)NC(=O)C(C)(C)c1ccccc1Cl. The maximum atomic E-state index is 12.2. The van der Waals surface area contributed by atoms with Crippen LogP contribution in [0.2, 0.25) is 5.02 Å². The zero-order chi connectivity index (χ0) is 13.8. The first-order valence-electron chi connectivity index (χ1n) is 5.89. The van der Waals surface area contributed by atoms with Crippen molar-refractivity contribution in [1.29, 1.82) is 5.26 Å². The van der Waals surface area contributed by atoms with Gasteiger partial charge in [0.25, 0.3) is 0 Å². The highest BCUT2D eigenvalue weighted by Crippen LogP contribution is 2.29. The smallest absolute Gasteiger partial charge is 0.231 e. The lowest BCUT2D eigenvalue weighted by atomic mass is 9.83. The molecule has 1 unspecified atom stereocenters. The summed E-state index contributed by atoms with van der Waals surface area (Å²) in [6.07, 6.45) is 0.584. The molecule has 0 aliphatic carbocycles. The fourth-order valence-electron chi connectivity index (χ4n) is 1.65. The average Bonchev–Trinajstić information content (AvgIpc) is 2.35. The van der Waals surface area contributed by atoms with Crippen LogP contribution in [0, 0.1) is 11.3 Å². The van der Waals surface area contributed by atoms with Gasteiger partial charge in [0.1, 0.15) is 6.04 Å². The molecule has 0 aliphatic rings. The van der Waals surface area contributed by atoms with E-state index in [1.54, 1.807) is 19.9 Å². The van der Waals surface area contributed by atoms with Gasteiger partial charge in [0.2, 0.25) is 5.91 Å². The Morgan fingerprint density at radius 2 is 2.11 bits per heavy atom. The number of amides is 1. The van der Waals surface area contributed by atoms with Crippen LogP contribution in [0.15, 0.2) is 24.3 Å². The van der Waals surface area contributed by atoms with Crippen LogP contribution >= 0.6 is 11.6 Å². The quantitative estimate of drug-likeness (QED) is 0.909. The van der Waals surface area contributed by atoms with Crippen LogP contribution < -0.4 is 5.32 Å². The van der Waals surface area contributed by atoms with Gasteiger partial charge in [0, 0.05) is 5.02 Å². The molecule has 0 saturated heterocycles. The van der Waals surface area contributed by atoms with Crippen LogP contribution in [0.25, 0.3) is 0 Å². The second-order valence-corrected chi connectivity index (χ2v) is 5.08. The summed E-state index contributed by atoms with van der Waals surface area (Å²) in [5, 5.41) is 12.2. The number of hydrogen-bond acceptors (Lipinski definition) is 2. The molecule has 0 aliphatic heterocycles. The number of benzene rings is 1. The van der Waals surface area contributed by atoms with Crippen molar-refractivity contribution < 1.29 is 4.79 Å². The highest BCUT2D eigenvalue weighted by Gasteiger charge is 2.32. The Kier molecular flexibility index (Phi) is 4.75. The lowest BCUT2D eigenvalue weighted by molar-refractivity contribution is -0.126. The lowest BCUT2D eigenvalue weighted by Crippen LogP contribution is -2.44. The Morgan fingerprint density at radius 1 is 1.50 bits per heavy atom. The molecule has 0 bridgehead atoms. The van der Waals surface area contributed by atoms with Crippen LogP contribution in [0.3, 0.4) is 0 Å². The molecule has 4 heteroatoms. The van der Waals surface area contributed by atoms with Crippen LogP contribution in [0.4, 0.5) is 0 Å². The number of hydrogen-bond donors (Lipinski definition) is 1. The Labute approximate surface area is 113 Å². The van der Waals surface area contributed by atoms with Crippen molar-refractivity contribution in [1.82, 2.24) is 5.32 Å². The predicted molar refractivity (Wildman–Crippen MR) is 72.3 cm³/mol. The molecule has 0 aromatic heterocycles. The van der Waals surface area contributed by atoms with E-state index in [9.17, 15) is 4.79 Å². The summed E-state index contributed by atoms with van der Waals surface area (Å²) in [5.41, 5.74) is -0.000223. The van der Waals surface area contributed by atoms with Gasteiger partial charge in [-0.3, -0.25) is 4.79 Å². The van der Waals surface area contributed by atoms with Gasteiger partial charge in [-0.1, -0.05) is 36.7 Å². The van der Waals surface area contributed by atoms with Crippen LogP contribution in [-0.2, 0) is 10.2 Å². The first-order valence-corrected chi connectivity index (χ1v) is 6.26. The minimum atomic E-state index is -0.761. The number of nitrogens with one attached hydrogen (secondary N) is 1. The largest absolute Gasteiger partial charge is 0.340 e. The summed E-state index contributed by atoms with van der Waals surface area (Å²) in [6.45, 7) is 5.46. The van der Waals surface area contributed by atoms with Gasteiger partial charge < -0.3 is 5.32 Å². The summed E-state index contributed by atoms with van der Waals surface area (Å²) >= 11 is 6.11. The normalized spacial score (nSPS) is 12.6. The molecule has 0 spiro atoms. The highest BCUT2D eigenvalue weighted by molar-refractivity contribution is 6.31. The molecule has 0 radical (unpaired) electrons. The summed E-state index contributed by atoms with van der Waals surface area (Å²) in [4.78, 5) is 12.2. The van der Waals surface area contributed by atoms with Crippen LogP contribution in [0.5, 0.6) is 0 Å². The average molecular weight is 265 g/mol. The molecule has 0 fully saturated rings. The van der Waals surface area contributed by atoms with E-state index < -0.39 is 11.5 Å². The van der Waals surface area contributed by atoms with E-state index in [0.29, 0.717) is 11.4 Å². The monoisotopic (exact) mass is 264 g/mol. The third-order valence-electron chi connectivity index (χ3n) is 2.98. The molecule has 96 valence electrons. The van der Waals surface area contributed by atoms with E-state index in [2.05, 4.69) is 11.4 Å². The molecule has 1 amide bonds. The molecule has 1 aromatic rings. The van der Waals surface area contributed by atoms with Gasteiger partial charge in [0.05, 0.1) is 11.5 Å². The second-order valence-electron chi connectivity index (χ2n) is 4.67. The fourth-order valence-corrected chi connectivity index (χ4v) is 2.03. The summed E-state index contributed by atoms with van der Waals surface area (Å²) in [7, 11) is 0. The summed E-state index contributed by atoms with van der Waals surface area (Å²) in [5.74, 6) is -0.191. The number of halogens is 1. The maximum Gasteiger partial charge on any atom is 0.231 e. The third kappa shape index (κ3) is 3.02. The molecule has 0 saturated carbocycles. The molecule has 3 nitrogen and oxygen atoms in total. The molecule has 1 atom stereocenters. The van der Waals surface area contributed by atoms with Crippen LogP contribution in [0.1, 0.15) is 32.8 Å². The van der Waals surface area contributed by atoms with Crippen molar-refractivity contribution in [3.05, 3.63) is 34.9 Å². The third-order valence-corrected chi connectivity index (χ3v) is 3.31. The number of carbonyl (C=O) groups is 1. The Balaban J connectivity index is 2.97. The van der Waals surface area contributed by atoms with Gasteiger partial charge in [-0.15, -0.1) is 0 Å². The van der Waals surface area contributed by atoms with E-state index in [-0.39, 0.29) is 5.91 Å². The standard InChI is InChI=1S/C14H17ClN2O/c1-4-10(9-16)17-13(18)14(2,3)11-7-5-6-8-12(11)15/h5-8,10H,4H2,1-3H3,(H,17,18). The van der Waals surface area contributed by atoms with E-state index in [1.807, 2.05) is 25.1 Å². The first kappa shape index (κ1) is 14.5. The van der Waals surface area contributed by atoms with Gasteiger partial charge in [-0.2, -0.15) is 5.26 Å². The topological polar surface area (TPSA) is 52.9 Å². The van der Waals surface area contributed by atoms with Crippen molar-refractivity contribution in [3.8, 4) is 6.07 Å². The zero-order valence-corrected chi connectivity index (χ0v) is 11.6. The van der Waals surface area contributed by atoms with E-state index in [0.717, 1.165) is 5.56 Å². The maximum absolute atomic E-state index is 12.2. The van der Waals surface area contributed by atoms with E-state index in [4.69, 9.17) is 16.9 Å². The molecule has 0 heterocycles. The Hall–Kier alpha value is -1.53. The molecule has 18 heavy (non-hydrogen) atoms. The molecular formula is C14H17ClN2O. The Morgan fingerprint density at radius 3 is 2.61 bits per heavy atom. The molecular weight excluding hydrogens is 248 g/mol. The highest BCUT2D eigenvalue weighted by atomic mass is 35.5. The lowest BCUT2D eigenvalue weighted by Gasteiger charge is -2.26. The van der Waals surface area contributed by atoms with Crippen LogP contribution in [-0.4, -0.2) is 11.9 Å². The van der Waals surface area contributed by atoms with Gasteiger partial charge in [-0.05, 0) is 31.9 Å². The van der Waals surface area contributed by atoms with Crippen molar-refractivity contribution >= 4 is 17.5 Å². The van der Waals surface area contributed by atoms with E-state index in [1.165, 1.54) is 0 Å². The summed E-state index contributed by atoms with van der Waals surface area (Å²) in [6, 6.07) is 8.85. The van der Waals surface area contributed by atoms with Crippen molar-refractivity contribution in [2.75, 3.05) is 0 Å². The van der Waals surface area contributed by atoms with Gasteiger partial charge >= 0.3 is 0 Å². The number of nitrogens with zero attached hydrogens (tertiary/aromatic N) is 1. The van der Waals surface area contributed by atoms with Gasteiger partial charge in [0.15, 0.2) is 0 Å². The van der Waals surface area contributed by atoms with Gasteiger partial charge in [-0.25, -0.2) is 0 Å². The van der Waals surface area contributed by atoms with E-state index >= 15 is 0 Å². The number of rotatable bonds is 4. The molecule has 1 rings (SSSR count).